The van der Waals surface area contributed by atoms with E-state index in [1.54, 1.807) is 0 Å². The smallest absolute Gasteiger partial charge is 0.271 e. The van der Waals surface area contributed by atoms with E-state index in [0.717, 1.165) is 23.3 Å². The standard InChI is InChI=1S/C10H9FN2O4/c11-9-6-7(13(15)16)2-3-8(9)10(14)12-4-1-5-17-12/h2-3,6H,1,4-5H2. The molecule has 17 heavy (non-hydrogen) atoms. The van der Waals surface area contributed by atoms with Gasteiger partial charge in [-0.25, -0.2) is 9.45 Å². The monoisotopic (exact) mass is 240 g/mol. The molecular formula is C10H9FN2O4. The molecule has 0 saturated carbocycles. The molecule has 0 radical (unpaired) electrons. The molecular weight excluding hydrogens is 231 g/mol. The third kappa shape index (κ3) is 2.23. The molecule has 1 aromatic carbocycles. The molecule has 0 bridgehead atoms. The van der Waals surface area contributed by atoms with Crippen LogP contribution in [0.5, 0.6) is 0 Å². The van der Waals surface area contributed by atoms with Crippen LogP contribution < -0.4 is 0 Å². The van der Waals surface area contributed by atoms with E-state index in [4.69, 9.17) is 4.84 Å². The van der Waals surface area contributed by atoms with Gasteiger partial charge in [0.15, 0.2) is 0 Å². The van der Waals surface area contributed by atoms with Crippen LogP contribution in [-0.2, 0) is 4.84 Å². The van der Waals surface area contributed by atoms with Gasteiger partial charge in [0.2, 0.25) is 0 Å². The summed E-state index contributed by atoms with van der Waals surface area (Å²) in [4.78, 5) is 26.4. The van der Waals surface area contributed by atoms with Crippen molar-refractivity contribution >= 4 is 11.6 Å². The van der Waals surface area contributed by atoms with Crippen LogP contribution in [0.4, 0.5) is 10.1 Å². The SMILES string of the molecule is O=C(c1ccc([N+](=O)[O-])cc1F)N1CCCO1. The molecule has 1 heterocycles. The first-order valence-electron chi connectivity index (χ1n) is 4.98. The number of nitro groups is 1. The average Bonchev–Trinajstić information content (AvgIpc) is 2.81. The van der Waals surface area contributed by atoms with Crippen molar-refractivity contribution in [2.75, 3.05) is 13.2 Å². The van der Waals surface area contributed by atoms with Gasteiger partial charge < -0.3 is 0 Å². The number of benzene rings is 1. The van der Waals surface area contributed by atoms with Gasteiger partial charge in [0.25, 0.3) is 11.6 Å². The Kier molecular flexibility index (Phi) is 3.01. The van der Waals surface area contributed by atoms with E-state index in [-0.39, 0.29) is 11.3 Å². The van der Waals surface area contributed by atoms with Crippen molar-refractivity contribution in [1.29, 1.82) is 0 Å². The van der Waals surface area contributed by atoms with Gasteiger partial charge in [-0.05, 0) is 12.5 Å². The number of hydrogen-bond donors (Lipinski definition) is 0. The van der Waals surface area contributed by atoms with Crippen molar-refractivity contribution < 1.29 is 18.9 Å². The lowest BCUT2D eigenvalue weighted by molar-refractivity contribution is -0.385. The number of hydrogen-bond acceptors (Lipinski definition) is 4. The van der Waals surface area contributed by atoms with Crippen LogP contribution in [-0.4, -0.2) is 29.0 Å². The van der Waals surface area contributed by atoms with Crippen LogP contribution in [0.25, 0.3) is 0 Å². The minimum absolute atomic E-state index is 0.225. The van der Waals surface area contributed by atoms with Crippen LogP contribution in [0, 0.1) is 15.9 Å². The first-order chi connectivity index (χ1) is 8.09. The van der Waals surface area contributed by atoms with Crippen molar-refractivity contribution in [2.45, 2.75) is 6.42 Å². The minimum atomic E-state index is -0.917. The lowest BCUT2D eigenvalue weighted by Crippen LogP contribution is -2.27. The first kappa shape index (κ1) is 11.5. The summed E-state index contributed by atoms with van der Waals surface area (Å²) in [6, 6.07) is 2.91. The Morgan fingerprint density at radius 3 is 2.82 bits per heavy atom. The zero-order chi connectivity index (χ0) is 12.4. The zero-order valence-corrected chi connectivity index (χ0v) is 8.76. The summed E-state index contributed by atoms with van der Waals surface area (Å²) in [7, 11) is 0. The van der Waals surface area contributed by atoms with E-state index in [0.29, 0.717) is 19.6 Å². The average molecular weight is 240 g/mol. The molecule has 1 amide bonds. The number of nitrogens with zero attached hydrogens (tertiary/aromatic N) is 2. The maximum absolute atomic E-state index is 13.5. The minimum Gasteiger partial charge on any atom is -0.271 e. The number of nitro benzene ring substituents is 1. The maximum atomic E-state index is 13.5. The topological polar surface area (TPSA) is 72.7 Å². The molecule has 1 fully saturated rings. The normalized spacial score (nSPS) is 15.0. The van der Waals surface area contributed by atoms with E-state index < -0.39 is 16.6 Å². The molecule has 90 valence electrons. The van der Waals surface area contributed by atoms with Gasteiger partial charge >= 0.3 is 0 Å². The van der Waals surface area contributed by atoms with E-state index in [1.807, 2.05) is 0 Å². The van der Waals surface area contributed by atoms with Crippen molar-refractivity contribution in [3.8, 4) is 0 Å². The fourth-order valence-electron chi connectivity index (χ4n) is 1.53. The summed E-state index contributed by atoms with van der Waals surface area (Å²) in [5.41, 5.74) is -0.612. The second kappa shape index (κ2) is 4.46. The Bertz CT molecular complexity index is 471. The Balaban J connectivity index is 2.26. The fraction of sp³-hybridized carbons (Fsp3) is 0.300. The summed E-state index contributed by atoms with van der Waals surface area (Å²) in [5.74, 6) is -1.53. The van der Waals surface area contributed by atoms with Gasteiger partial charge in [0.1, 0.15) is 5.82 Å². The number of non-ortho nitro benzene ring substituents is 1. The molecule has 0 aliphatic carbocycles. The maximum Gasteiger partial charge on any atom is 0.280 e. The van der Waals surface area contributed by atoms with Gasteiger partial charge in [0.05, 0.1) is 29.7 Å². The molecule has 2 rings (SSSR count). The number of halogens is 1. The molecule has 1 saturated heterocycles. The second-order valence-corrected chi connectivity index (χ2v) is 3.52. The summed E-state index contributed by atoms with van der Waals surface area (Å²) in [6.07, 6.45) is 0.695. The summed E-state index contributed by atoms with van der Waals surface area (Å²) < 4.78 is 13.5. The van der Waals surface area contributed by atoms with Gasteiger partial charge in [-0.15, -0.1) is 0 Å². The first-order valence-corrected chi connectivity index (χ1v) is 4.98. The van der Waals surface area contributed by atoms with E-state index in [2.05, 4.69) is 0 Å². The molecule has 0 N–H and O–H groups in total. The number of carbonyl (C=O) groups is 1. The van der Waals surface area contributed by atoms with Crippen LogP contribution in [0.15, 0.2) is 18.2 Å². The molecule has 1 aromatic rings. The molecule has 0 unspecified atom stereocenters. The number of amides is 1. The molecule has 0 spiro atoms. The number of carbonyl (C=O) groups excluding carboxylic acids is 1. The van der Waals surface area contributed by atoms with Crippen LogP contribution >= 0.6 is 0 Å². The van der Waals surface area contributed by atoms with Gasteiger partial charge in [-0.2, -0.15) is 0 Å². The highest BCUT2D eigenvalue weighted by molar-refractivity contribution is 5.94. The lowest BCUT2D eigenvalue weighted by Gasteiger charge is -2.13. The highest BCUT2D eigenvalue weighted by atomic mass is 19.1. The van der Waals surface area contributed by atoms with E-state index in [1.165, 1.54) is 0 Å². The Labute approximate surface area is 95.7 Å². The predicted molar refractivity (Wildman–Crippen MR) is 54.7 cm³/mol. The summed E-state index contributed by atoms with van der Waals surface area (Å²) in [6.45, 7) is 0.815. The van der Waals surface area contributed by atoms with Gasteiger partial charge in [-0.3, -0.25) is 19.7 Å². The highest BCUT2D eigenvalue weighted by Gasteiger charge is 2.24. The largest absolute Gasteiger partial charge is 0.280 e. The van der Waals surface area contributed by atoms with Gasteiger partial charge in [-0.1, -0.05) is 0 Å². The summed E-state index contributed by atoms with van der Waals surface area (Å²) in [5, 5.41) is 11.5. The molecule has 1 aliphatic rings. The van der Waals surface area contributed by atoms with Crippen molar-refractivity contribution in [3.63, 3.8) is 0 Å². The number of hydroxylamine groups is 2. The van der Waals surface area contributed by atoms with Crippen molar-refractivity contribution in [2.24, 2.45) is 0 Å². The highest BCUT2D eigenvalue weighted by Crippen LogP contribution is 2.19. The van der Waals surface area contributed by atoms with Crippen LogP contribution in [0.1, 0.15) is 16.8 Å². The Morgan fingerprint density at radius 1 is 1.53 bits per heavy atom. The number of rotatable bonds is 2. The second-order valence-electron chi connectivity index (χ2n) is 3.52. The van der Waals surface area contributed by atoms with E-state index in [9.17, 15) is 19.3 Å². The third-order valence-electron chi connectivity index (χ3n) is 2.37. The Hall–Kier alpha value is -2.02. The lowest BCUT2D eigenvalue weighted by atomic mass is 10.2. The molecule has 6 nitrogen and oxygen atoms in total. The quantitative estimate of drug-likeness (QED) is 0.580. The third-order valence-corrected chi connectivity index (χ3v) is 2.37. The van der Waals surface area contributed by atoms with Crippen LogP contribution in [0.3, 0.4) is 0 Å². The van der Waals surface area contributed by atoms with Crippen LogP contribution in [0.2, 0.25) is 0 Å². The van der Waals surface area contributed by atoms with Crippen molar-refractivity contribution in [1.82, 2.24) is 5.06 Å². The molecule has 1 aliphatic heterocycles. The Morgan fingerprint density at radius 2 is 2.29 bits per heavy atom. The molecule has 0 aromatic heterocycles. The molecule has 0 atom stereocenters. The predicted octanol–water partition coefficient (Wildman–Crippen LogP) is 1.51. The zero-order valence-electron chi connectivity index (χ0n) is 8.76. The van der Waals surface area contributed by atoms with E-state index >= 15 is 0 Å². The fourth-order valence-corrected chi connectivity index (χ4v) is 1.53. The van der Waals surface area contributed by atoms with Crippen molar-refractivity contribution in [3.05, 3.63) is 39.7 Å². The van der Waals surface area contributed by atoms with Gasteiger partial charge in [0, 0.05) is 6.07 Å². The molecule has 7 heteroatoms. The summed E-state index contributed by atoms with van der Waals surface area (Å²) >= 11 is 0.